The molecule has 0 fully saturated rings. The highest BCUT2D eigenvalue weighted by Gasteiger charge is 2.20. The van der Waals surface area contributed by atoms with E-state index in [1.54, 1.807) is 0 Å². The first-order valence-corrected chi connectivity index (χ1v) is 17.1. The molecule has 0 amide bonds. The zero-order chi connectivity index (χ0) is 32.8. The van der Waals surface area contributed by atoms with Gasteiger partial charge in [-0.2, -0.15) is 0 Å². The number of benzene rings is 9. The van der Waals surface area contributed by atoms with Gasteiger partial charge >= 0.3 is 0 Å². The Labute approximate surface area is 287 Å². The third-order valence-electron chi connectivity index (χ3n) is 10.5. The van der Waals surface area contributed by atoms with Crippen LogP contribution in [0.5, 0.6) is 0 Å². The van der Waals surface area contributed by atoms with E-state index in [1.807, 2.05) is 6.07 Å². The molecular weight excluding hydrogens is 609 g/mol. The zero-order valence-corrected chi connectivity index (χ0v) is 27.0. The van der Waals surface area contributed by atoms with Gasteiger partial charge in [0.1, 0.15) is 22.3 Å². The van der Waals surface area contributed by atoms with E-state index < -0.39 is 0 Å². The number of hydrogen-bond donors (Lipinski definition) is 0. The average Bonchev–Trinajstić information content (AvgIpc) is 3.74. The van der Waals surface area contributed by atoms with Crippen LogP contribution in [0.1, 0.15) is 0 Å². The van der Waals surface area contributed by atoms with Crippen LogP contribution in [-0.2, 0) is 0 Å². The van der Waals surface area contributed by atoms with Gasteiger partial charge in [0, 0.05) is 21.5 Å². The Morgan fingerprint density at radius 3 is 1.44 bits per heavy atom. The molecule has 0 saturated heterocycles. The van der Waals surface area contributed by atoms with Gasteiger partial charge in [0.05, 0.1) is 0 Å². The number of furan rings is 2. The lowest BCUT2D eigenvalue weighted by Gasteiger charge is -2.18. The van der Waals surface area contributed by atoms with Gasteiger partial charge in [-0.3, -0.25) is 0 Å². The predicted molar refractivity (Wildman–Crippen MR) is 210 cm³/mol. The number of rotatable bonds is 3. The van der Waals surface area contributed by atoms with E-state index in [4.69, 9.17) is 8.83 Å². The van der Waals surface area contributed by atoms with Gasteiger partial charge in [0.15, 0.2) is 0 Å². The van der Waals surface area contributed by atoms with Crippen molar-refractivity contribution < 1.29 is 8.83 Å². The largest absolute Gasteiger partial charge is 0.456 e. The van der Waals surface area contributed by atoms with Crippen molar-refractivity contribution >= 4 is 76.2 Å². The fraction of sp³-hybridized carbons (Fsp3) is 0. The van der Waals surface area contributed by atoms with E-state index >= 15 is 0 Å². The molecule has 0 N–H and O–H groups in total. The molecule has 2 heterocycles. The molecule has 0 atom stereocenters. The highest BCUT2D eigenvalue weighted by molar-refractivity contribution is 6.25. The molecule has 2 heteroatoms. The van der Waals surface area contributed by atoms with E-state index in [0.29, 0.717) is 0 Å². The van der Waals surface area contributed by atoms with Crippen molar-refractivity contribution in [1.29, 1.82) is 0 Å². The quantitative estimate of drug-likeness (QED) is 0.180. The summed E-state index contributed by atoms with van der Waals surface area (Å²) in [5.74, 6) is 0. The summed E-state index contributed by atoms with van der Waals surface area (Å²) in [5, 5.41) is 11.9. The molecule has 11 rings (SSSR count). The van der Waals surface area contributed by atoms with Crippen molar-refractivity contribution in [3.63, 3.8) is 0 Å². The third kappa shape index (κ3) is 3.90. The molecule has 0 aliphatic rings. The summed E-state index contributed by atoms with van der Waals surface area (Å²) in [4.78, 5) is 0. The van der Waals surface area contributed by atoms with Gasteiger partial charge < -0.3 is 8.83 Å². The van der Waals surface area contributed by atoms with Crippen LogP contribution >= 0.6 is 0 Å². The second kappa shape index (κ2) is 10.4. The Balaban J connectivity index is 1.13. The van der Waals surface area contributed by atoms with E-state index in [-0.39, 0.29) is 0 Å². The second-order valence-corrected chi connectivity index (χ2v) is 13.2. The van der Waals surface area contributed by atoms with Crippen LogP contribution in [0.2, 0.25) is 0 Å². The molecule has 9 aromatic carbocycles. The standard InChI is InChI=1S/C48H28O2/c1-2-12-32-28-44-40(27-31(32)11-1)47-33(18-9-21-42(47)50-44)29-23-25-30(26-24-29)45-34-13-3-5-15-36(34)46(37-16-6-4-14-35(37)45)39-19-10-22-43-48(39)38-17-7-8-20-41(38)49-43/h1-28H. The molecule has 11 aromatic rings. The van der Waals surface area contributed by atoms with E-state index in [0.717, 1.165) is 43.9 Å². The zero-order valence-electron chi connectivity index (χ0n) is 27.0. The Kier molecular flexibility index (Phi) is 5.70. The highest BCUT2D eigenvalue weighted by atomic mass is 16.3. The van der Waals surface area contributed by atoms with Gasteiger partial charge in [0.2, 0.25) is 0 Å². The maximum atomic E-state index is 6.40. The van der Waals surface area contributed by atoms with Crippen LogP contribution in [0.3, 0.4) is 0 Å². The molecule has 0 bridgehead atoms. The summed E-state index contributed by atoms with van der Waals surface area (Å²) >= 11 is 0. The first kappa shape index (κ1) is 27.3. The Morgan fingerprint density at radius 2 is 0.760 bits per heavy atom. The number of fused-ring (bicyclic) bond motifs is 9. The molecule has 50 heavy (non-hydrogen) atoms. The Hall–Kier alpha value is -6.64. The number of hydrogen-bond acceptors (Lipinski definition) is 2. The maximum absolute atomic E-state index is 6.40. The maximum Gasteiger partial charge on any atom is 0.136 e. The molecule has 2 nitrogen and oxygen atoms in total. The molecule has 0 spiro atoms. The SMILES string of the molecule is c1ccc2cc3c(cc2c1)oc1cccc(-c2ccc(-c4c5ccccc5c(-c5cccc6oc7ccccc7c56)c5ccccc45)cc2)c13. The monoisotopic (exact) mass is 636 g/mol. The van der Waals surface area contributed by atoms with Crippen molar-refractivity contribution in [3.8, 4) is 33.4 Å². The van der Waals surface area contributed by atoms with E-state index in [2.05, 4.69) is 164 Å². The Bertz CT molecular complexity index is 3080. The molecule has 0 aliphatic heterocycles. The summed E-state index contributed by atoms with van der Waals surface area (Å²) in [6.07, 6.45) is 0. The summed E-state index contributed by atoms with van der Waals surface area (Å²) in [6.45, 7) is 0. The molecule has 232 valence electrons. The first-order chi connectivity index (χ1) is 24.8. The highest BCUT2D eigenvalue weighted by Crippen LogP contribution is 2.47. The molecule has 0 unspecified atom stereocenters. The van der Waals surface area contributed by atoms with Crippen molar-refractivity contribution in [3.05, 3.63) is 170 Å². The summed E-state index contributed by atoms with van der Waals surface area (Å²) in [7, 11) is 0. The normalized spacial score (nSPS) is 12.0. The summed E-state index contributed by atoms with van der Waals surface area (Å²) in [5.41, 5.74) is 10.8. The minimum atomic E-state index is 0.907. The fourth-order valence-corrected chi connectivity index (χ4v) is 8.28. The molecular formula is C48H28O2. The van der Waals surface area contributed by atoms with Crippen molar-refractivity contribution in [2.24, 2.45) is 0 Å². The topological polar surface area (TPSA) is 26.3 Å². The Morgan fingerprint density at radius 1 is 0.280 bits per heavy atom. The number of para-hydroxylation sites is 1. The minimum absolute atomic E-state index is 0.907. The van der Waals surface area contributed by atoms with Gasteiger partial charge in [-0.25, -0.2) is 0 Å². The lowest BCUT2D eigenvalue weighted by atomic mass is 9.84. The third-order valence-corrected chi connectivity index (χ3v) is 10.5. The lowest BCUT2D eigenvalue weighted by Crippen LogP contribution is -1.91. The van der Waals surface area contributed by atoms with Crippen LogP contribution in [-0.4, -0.2) is 0 Å². The van der Waals surface area contributed by atoms with Gasteiger partial charge in [-0.05, 0) is 96.0 Å². The van der Waals surface area contributed by atoms with Gasteiger partial charge in [-0.1, -0.05) is 140 Å². The summed E-state index contributed by atoms with van der Waals surface area (Å²) < 4.78 is 12.7. The van der Waals surface area contributed by atoms with Crippen LogP contribution in [0.15, 0.2) is 179 Å². The van der Waals surface area contributed by atoms with Crippen LogP contribution in [0.4, 0.5) is 0 Å². The second-order valence-electron chi connectivity index (χ2n) is 13.2. The first-order valence-electron chi connectivity index (χ1n) is 17.1. The van der Waals surface area contributed by atoms with Crippen molar-refractivity contribution in [2.45, 2.75) is 0 Å². The predicted octanol–water partition coefficient (Wildman–Crippen LogP) is 13.9. The molecule has 0 saturated carbocycles. The van der Waals surface area contributed by atoms with E-state index in [1.165, 1.54) is 65.7 Å². The smallest absolute Gasteiger partial charge is 0.136 e. The fourth-order valence-electron chi connectivity index (χ4n) is 8.28. The summed E-state index contributed by atoms with van der Waals surface area (Å²) in [6, 6.07) is 60.8. The van der Waals surface area contributed by atoms with Crippen molar-refractivity contribution in [1.82, 2.24) is 0 Å². The molecule has 2 aromatic heterocycles. The van der Waals surface area contributed by atoms with Gasteiger partial charge in [0.25, 0.3) is 0 Å². The minimum Gasteiger partial charge on any atom is -0.456 e. The average molecular weight is 637 g/mol. The lowest BCUT2D eigenvalue weighted by molar-refractivity contribution is 0.669. The van der Waals surface area contributed by atoms with Crippen LogP contribution in [0.25, 0.3) is 110 Å². The van der Waals surface area contributed by atoms with E-state index in [9.17, 15) is 0 Å². The molecule has 0 aliphatic carbocycles. The molecule has 0 radical (unpaired) electrons. The van der Waals surface area contributed by atoms with Crippen molar-refractivity contribution in [2.75, 3.05) is 0 Å². The van der Waals surface area contributed by atoms with Crippen LogP contribution < -0.4 is 0 Å². The van der Waals surface area contributed by atoms with Gasteiger partial charge in [-0.15, -0.1) is 0 Å². The van der Waals surface area contributed by atoms with Crippen LogP contribution in [0, 0.1) is 0 Å².